The van der Waals surface area contributed by atoms with Gasteiger partial charge in [0.15, 0.2) is 16.6 Å². The Morgan fingerprint density at radius 1 is 1.17 bits per heavy atom. The van der Waals surface area contributed by atoms with Crippen LogP contribution in [0.4, 0.5) is 32.2 Å². The molecule has 3 aliphatic rings. The smallest absolute Gasteiger partial charge is 0.338 e. The number of nitrogens with zero attached hydrogens (tertiary/aromatic N) is 3. The highest BCUT2D eigenvalue weighted by molar-refractivity contribution is 7.13. The standard InChI is InChI=1S/C27H21F6N5O3S/c1-11-12(19-14(28)4-5-15(29)20(19)30)7-16(24(40)38(11)10-27(31,32)33)35-22(39)23-36-17-8-26(9-18(17)42-23)13-3-2-6-34-21(13)37-25(26)41/h2-6,11-12,16H,7-10H2,1H3,(H,35,39)(H,34,37,41)/t11-,12-,16+,26?/m1/s1. The van der Waals surface area contributed by atoms with E-state index in [1.807, 2.05) is 0 Å². The predicted octanol–water partition coefficient (Wildman–Crippen LogP) is 4.01. The van der Waals surface area contributed by atoms with E-state index in [1.165, 1.54) is 6.92 Å². The maximum absolute atomic E-state index is 14.7. The first kappa shape index (κ1) is 28.1. The Balaban J connectivity index is 1.26. The SMILES string of the molecule is C[C@@H]1[C@H](c2c(F)ccc(F)c2F)C[C@H](NC(=O)c2nc3c(s2)CC2(C3)C(=O)Nc3ncccc32)C(=O)N1CC(F)(F)F. The second-order valence-electron chi connectivity index (χ2n) is 10.6. The van der Waals surface area contributed by atoms with Gasteiger partial charge in [0.2, 0.25) is 11.8 Å². The molecule has 1 aromatic carbocycles. The first-order chi connectivity index (χ1) is 19.8. The molecule has 1 aliphatic carbocycles. The van der Waals surface area contributed by atoms with Gasteiger partial charge in [-0.25, -0.2) is 23.1 Å². The van der Waals surface area contributed by atoms with Crippen molar-refractivity contribution < 1.29 is 40.7 Å². The monoisotopic (exact) mass is 609 g/mol. The molecule has 1 fully saturated rings. The van der Waals surface area contributed by atoms with Crippen LogP contribution in [0.5, 0.6) is 0 Å². The molecule has 3 aromatic rings. The summed E-state index contributed by atoms with van der Waals surface area (Å²) in [6, 6.07) is 1.73. The van der Waals surface area contributed by atoms with E-state index >= 15 is 0 Å². The van der Waals surface area contributed by atoms with Gasteiger partial charge < -0.3 is 15.5 Å². The largest absolute Gasteiger partial charge is 0.406 e. The minimum Gasteiger partial charge on any atom is -0.338 e. The fourth-order valence-electron chi connectivity index (χ4n) is 6.14. The number of thiazole rings is 1. The molecule has 1 unspecified atom stereocenters. The number of aromatic nitrogens is 2. The van der Waals surface area contributed by atoms with Crippen LogP contribution >= 0.6 is 11.3 Å². The summed E-state index contributed by atoms with van der Waals surface area (Å²) in [6.45, 7) is -0.551. The van der Waals surface area contributed by atoms with Gasteiger partial charge in [0, 0.05) is 47.0 Å². The summed E-state index contributed by atoms with van der Waals surface area (Å²) in [6.07, 6.45) is -3.34. The molecule has 0 bridgehead atoms. The van der Waals surface area contributed by atoms with Crippen LogP contribution in [0.1, 0.15) is 50.8 Å². The predicted molar refractivity (Wildman–Crippen MR) is 136 cm³/mol. The molecule has 42 heavy (non-hydrogen) atoms. The van der Waals surface area contributed by atoms with Crippen molar-refractivity contribution in [2.45, 2.75) is 55.8 Å². The Morgan fingerprint density at radius 3 is 2.62 bits per heavy atom. The lowest BCUT2D eigenvalue weighted by Crippen LogP contribution is -2.60. The summed E-state index contributed by atoms with van der Waals surface area (Å²) >= 11 is 0.975. The first-order valence-corrected chi connectivity index (χ1v) is 13.7. The maximum atomic E-state index is 14.7. The van der Waals surface area contributed by atoms with Gasteiger partial charge in [-0.2, -0.15) is 13.2 Å². The molecule has 4 heterocycles. The molecule has 6 rings (SSSR count). The molecule has 1 saturated heterocycles. The van der Waals surface area contributed by atoms with E-state index in [0.717, 1.165) is 11.3 Å². The lowest BCUT2D eigenvalue weighted by Gasteiger charge is -2.43. The highest BCUT2D eigenvalue weighted by atomic mass is 32.1. The quantitative estimate of drug-likeness (QED) is 0.344. The number of benzene rings is 1. The highest BCUT2D eigenvalue weighted by Gasteiger charge is 2.53. The zero-order valence-corrected chi connectivity index (χ0v) is 22.5. The molecule has 220 valence electrons. The number of hydrogen-bond acceptors (Lipinski definition) is 6. The molecular weight excluding hydrogens is 588 g/mol. The van der Waals surface area contributed by atoms with Gasteiger partial charge in [-0.3, -0.25) is 14.4 Å². The van der Waals surface area contributed by atoms with E-state index in [1.54, 1.807) is 18.3 Å². The number of pyridine rings is 1. The summed E-state index contributed by atoms with van der Waals surface area (Å²) in [5.74, 6) is -7.33. The fourth-order valence-corrected chi connectivity index (χ4v) is 7.23. The van der Waals surface area contributed by atoms with Gasteiger partial charge in [-0.05, 0) is 31.5 Å². The van der Waals surface area contributed by atoms with Gasteiger partial charge in [0.05, 0.1) is 11.1 Å². The number of amides is 3. The molecular formula is C27H21F6N5O3S. The molecule has 8 nitrogen and oxygen atoms in total. The van der Waals surface area contributed by atoms with E-state index < -0.39 is 77.4 Å². The van der Waals surface area contributed by atoms with Crippen molar-refractivity contribution >= 4 is 34.9 Å². The third kappa shape index (κ3) is 4.50. The number of halogens is 6. The zero-order valence-electron chi connectivity index (χ0n) is 21.7. The number of carbonyl (C=O) groups is 3. The van der Waals surface area contributed by atoms with Crippen LogP contribution < -0.4 is 10.6 Å². The fraction of sp³-hybridized carbons (Fsp3) is 0.370. The summed E-state index contributed by atoms with van der Waals surface area (Å²) < 4.78 is 83.6. The van der Waals surface area contributed by atoms with Crippen molar-refractivity contribution in [1.29, 1.82) is 0 Å². The van der Waals surface area contributed by atoms with Crippen LogP contribution in [-0.2, 0) is 27.8 Å². The number of anilines is 1. The highest BCUT2D eigenvalue weighted by Crippen LogP contribution is 2.48. The first-order valence-electron chi connectivity index (χ1n) is 12.9. The van der Waals surface area contributed by atoms with Crippen molar-refractivity contribution in [3.63, 3.8) is 0 Å². The van der Waals surface area contributed by atoms with Crippen LogP contribution in [0.2, 0.25) is 0 Å². The minimum atomic E-state index is -4.86. The summed E-state index contributed by atoms with van der Waals surface area (Å²) in [7, 11) is 0. The number of carbonyl (C=O) groups excluding carboxylic acids is 3. The van der Waals surface area contributed by atoms with E-state index in [4.69, 9.17) is 0 Å². The number of piperidine rings is 1. The van der Waals surface area contributed by atoms with Crippen LogP contribution in [0.15, 0.2) is 30.5 Å². The molecule has 0 radical (unpaired) electrons. The van der Waals surface area contributed by atoms with Gasteiger partial charge in [0.1, 0.15) is 24.2 Å². The molecule has 2 aliphatic heterocycles. The lowest BCUT2D eigenvalue weighted by molar-refractivity contribution is -0.170. The Morgan fingerprint density at radius 2 is 1.90 bits per heavy atom. The van der Waals surface area contributed by atoms with Gasteiger partial charge in [0.25, 0.3) is 5.91 Å². The van der Waals surface area contributed by atoms with E-state index in [0.29, 0.717) is 39.0 Å². The Hall–Kier alpha value is -4.01. The van der Waals surface area contributed by atoms with Crippen molar-refractivity contribution in [3.8, 4) is 0 Å². The van der Waals surface area contributed by atoms with Crippen LogP contribution in [-0.4, -0.2) is 57.4 Å². The van der Waals surface area contributed by atoms with E-state index in [2.05, 4.69) is 20.6 Å². The van der Waals surface area contributed by atoms with Crippen molar-refractivity contribution in [2.75, 3.05) is 11.9 Å². The number of alkyl halides is 3. The third-order valence-electron chi connectivity index (χ3n) is 8.14. The van der Waals surface area contributed by atoms with E-state index in [-0.39, 0.29) is 23.8 Å². The molecule has 0 saturated carbocycles. The van der Waals surface area contributed by atoms with Gasteiger partial charge in [-0.1, -0.05) is 6.07 Å². The summed E-state index contributed by atoms with van der Waals surface area (Å²) in [5, 5.41) is 5.03. The van der Waals surface area contributed by atoms with Gasteiger partial charge in [-0.15, -0.1) is 11.3 Å². The molecule has 2 aromatic heterocycles. The molecule has 1 spiro atoms. The average Bonchev–Trinajstić information content (AvgIpc) is 3.57. The van der Waals surface area contributed by atoms with E-state index in [9.17, 15) is 40.7 Å². The van der Waals surface area contributed by atoms with Crippen molar-refractivity contribution in [3.05, 3.63) is 74.6 Å². The molecule has 3 amide bonds. The summed E-state index contributed by atoms with van der Waals surface area (Å²) in [4.78, 5) is 48.8. The summed E-state index contributed by atoms with van der Waals surface area (Å²) in [5.41, 5.74) is -0.529. The normalized spacial score (nSPS) is 25.0. The van der Waals surface area contributed by atoms with Crippen LogP contribution in [0.25, 0.3) is 0 Å². The van der Waals surface area contributed by atoms with Crippen molar-refractivity contribution in [1.82, 2.24) is 20.2 Å². The maximum Gasteiger partial charge on any atom is 0.406 e. The number of fused-ring (bicyclic) bond motifs is 3. The Bertz CT molecular complexity index is 1620. The second-order valence-corrected chi connectivity index (χ2v) is 11.7. The number of hydrogen-bond donors (Lipinski definition) is 2. The molecule has 4 atom stereocenters. The second kappa shape index (κ2) is 9.78. The Labute approximate surface area is 238 Å². The number of likely N-dealkylation sites (tertiary alicyclic amines) is 1. The molecule has 2 N–H and O–H groups in total. The topological polar surface area (TPSA) is 104 Å². The third-order valence-corrected chi connectivity index (χ3v) is 9.24. The lowest BCUT2D eigenvalue weighted by atomic mass is 9.80. The average molecular weight is 610 g/mol. The van der Waals surface area contributed by atoms with Crippen molar-refractivity contribution in [2.24, 2.45) is 0 Å². The molecule has 15 heteroatoms. The van der Waals surface area contributed by atoms with Crippen LogP contribution in [0.3, 0.4) is 0 Å². The van der Waals surface area contributed by atoms with Gasteiger partial charge >= 0.3 is 6.18 Å². The minimum absolute atomic E-state index is 0.0897. The zero-order chi connectivity index (χ0) is 30.1. The van der Waals surface area contributed by atoms with Crippen LogP contribution in [0, 0.1) is 17.5 Å². The number of nitrogens with one attached hydrogen (secondary N) is 2. The number of rotatable bonds is 4. The Kier molecular flexibility index (Phi) is 6.55.